The minimum absolute atomic E-state index is 0.0545. The van der Waals surface area contributed by atoms with Crippen molar-refractivity contribution in [1.82, 2.24) is 9.66 Å². The Morgan fingerprint density at radius 1 is 1.15 bits per heavy atom. The minimum Gasteiger partial charge on any atom is -0.507 e. The third kappa shape index (κ3) is 4.83. The molecule has 4 aromatic rings. The van der Waals surface area contributed by atoms with E-state index in [4.69, 9.17) is 4.74 Å². The number of ether oxygens (including phenoxy) is 1. The molecule has 6 nitrogen and oxygen atoms in total. The molecule has 1 N–H and O–H groups in total. The molecule has 0 amide bonds. The van der Waals surface area contributed by atoms with Gasteiger partial charge in [0.1, 0.15) is 18.1 Å². The lowest BCUT2D eigenvalue weighted by atomic mass is 10.0. The Labute approximate surface area is 200 Å². The van der Waals surface area contributed by atoms with Crippen molar-refractivity contribution in [2.45, 2.75) is 33.3 Å². The Morgan fingerprint density at radius 2 is 1.88 bits per heavy atom. The first kappa shape index (κ1) is 22.7. The summed E-state index contributed by atoms with van der Waals surface area (Å²) < 4.78 is 8.43. The van der Waals surface area contributed by atoms with Crippen LogP contribution in [0.4, 0.5) is 0 Å². The smallest absolute Gasteiger partial charge is 0.282 e. The normalized spacial score (nSPS) is 11.5. The van der Waals surface area contributed by atoms with Crippen LogP contribution in [-0.2, 0) is 6.61 Å². The summed E-state index contributed by atoms with van der Waals surface area (Å²) in [7, 11) is 0. The molecule has 0 saturated heterocycles. The summed E-state index contributed by atoms with van der Waals surface area (Å²) in [4.78, 5) is 17.9. The van der Waals surface area contributed by atoms with Crippen LogP contribution in [0.3, 0.4) is 0 Å². The molecule has 0 bridgehead atoms. The molecule has 0 atom stereocenters. The fourth-order valence-electron chi connectivity index (χ4n) is 3.49. The summed E-state index contributed by atoms with van der Waals surface area (Å²) in [5.41, 5.74) is 2.87. The first-order valence-corrected chi connectivity index (χ1v) is 11.4. The van der Waals surface area contributed by atoms with Crippen molar-refractivity contribution in [3.8, 4) is 11.5 Å². The van der Waals surface area contributed by atoms with E-state index in [1.54, 1.807) is 42.5 Å². The van der Waals surface area contributed by atoms with Crippen molar-refractivity contribution in [3.63, 3.8) is 0 Å². The second-order valence-electron chi connectivity index (χ2n) is 8.05. The van der Waals surface area contributed by atoms with E-state index in [1.807, 2.05) is 19.1 Å². The number of para-hydroxylation sites is 2. The highest BCUT2D eigenvalue weighted by Gasteiger charge is 2.15. The third-order valence-corrected chi connectivity index (χ3v) is 6.19. The van der Waals surface area contributed by atoms with Gasteiger partial charge in [-0.3, -0.25) is 4.79 Å². The van der Waals surface area contributed by atoms with Crippen LogP contribution < -0.4 is 10.3 Å². The highest BCUT2D eigenvalue weighted by atomic mass is 79.9. The highest BCUT2D eigenvalue weighted by molar-refractivity contribution is 9.10. The van der Waals surface area contributed by atoms with Gasteiger partial charge in [-0.2, -0.15) is 9.78 Å². The minimum atomic E-state index is -0.304. The number of benzene rings is 3. The van der Waals surface area contributed by atoms with Crippen molar-refractivity contribution < 1.29 is 9.84 Å². The molecular weight excluding hydrogens is 482 g/mol. The largest absolute Gasteiger partial charge is 0.507 e. The predicted molar refractivity (Wildman–Crippen MR) is 134 cm³/mol. The fraction of sp³-hybridized carbons (Fsp3) is 0.192. The van der Waals surface area contributed by atoms with Crippen molar-refractivity contribution in [3.05, 3.63) is 98.0 Å². The van der Waals surface area contributed by atoms with E-state index in [0.717, 1.165) is 21.3 Å². The van der Waals surface area contributed by atoms with Gasteiger partial charge in [-0.25, -0.2) is 4.98 Å². The number of halogens is 1. The van der Waals surface area contributed by atoms with Crippen LogP contribution >= 0.6 is 15.9 Å². The molecule has 4 rings (SSSR count). The molecule has 33 heavy (non-hydrogen) atoms. The van der Waals surface area contributed by atoms with E-state index in [-0.39, 0.29) is 23.8 Å². The SMILES string of the molecule is Cc1cc(OCc2nc3ccccc3c(=O)n2/N=C/c2ccccc2O)c(C(C)C)cc1Br. The van der Waals surface area contributed by atoms with Crippen molar-refractivity contribution in [2.24, 2.45) is 5.10 Å². The first-order chi connectivity index (χ1) is 15.8. The van der Waals surface area contributed by atoms with Gasteiger partial charge in [0.15, 0.2) is 5.82 Å². The Kier molecular flexibility index (Phi) is 6.60. The second kappa shape index (κ2) is 9.58. The van der Waals surface area contributed by atoms with Crippen molar-refractivity contribution >= 4 is 33.0 Å². The molecule has 0 saturated carbocycles. The lowest BCUT2D eigenvalue weighted by Crippen LogP contribution is -2.23. The molecule has 0 spiro atoms. The van der Waals surface area contributed by atoms with Crippen LogP contribution in [0.5, 0.6) is 11.5 Å². The molecule has 0 aliphatic heterocycles. The molecular formula is C26H24BrN3O3. The zero-order valence-corrected chi connectivity index (χ0v) is 20.2. The van der Waals surface area contributed by atoms with Crippen LogP contribution in [0, 0.1) is 6.92 Å². The Hall–Kier alpha value is -3.45. The van der Waals surface area contributed by atoms with E-state index < -0.39 is 0 Å². The molecule has 0 aliphatic carbocycles. The molecule has 3 aromatic carbocycles. The Balaban J connectivity index is 1.77. The summed E-state index contributed by atoms with van der Waals surface area (Å²) in [6.07, 6.45) is 1.44. The molecule has 1 heterocycles. The number of aromatic hydroxyl groups is 1. The average Bonchev–Trinajstić information content (AvgIpc) is 2.80. The van der Waals surface area contributed by atoms with Gasteiger partial charge in [-0.05, 0) is 60.4 Å². The van der Waals surface area contributed by atoms with Crippen LogP contribution in [0.15, 0.2) is 75.0 Å². The van der Waals surface area contributed by atoms with E-state index in [9.17, 15) is 9.90 Å². The number of fused-ring (bicyclic) bond motifs is 1. The predicted octanol–water partition coefficient (Wildman–Crippen LogP) is 5.76. The van der Waals surface area contributed by atoms with Gasteiger partial charge in [0.2, 0.25) is 0 Å². The van der Waals surface area contributed by atoms with E-state index in [2.05, 4.69) is 45.9 Å². The van der Waals surface area contributed by atoms with E-state index >= 15 is 0 Å². The number of phenolic OH excluding ortho intramolecular Hbond substituents is 1. The lowest BCUT2D eigenvalue weighted by Gasteiger charge is -2.17. The number of phenols is 1. The Morgan fingerprint density at radius 3 is 2.64 bits per heavy atom. The van der Waals surface area contributed by atoms with E-state index in [0.29, 0.717) is 22.3 Å². The maximum absolute atomic E-state index is 13.2. The highest BCUT2D eigenvalue weighted by Crippen LogP contribution is 2.32. The van der Waals surface area contributed by atoms with Crippen LogP contribution in [-0.4, -0.2) is 21.0 Å². The van der Waals surface area contributed by atoms with Gasteiger partial charge >= 0.3 is 0 Å². The van der Waals surface area contributed by atoms with Gasteiger partial charge in [0.25, 0.3) is 5.56 Å². The number of aryl methyl sites for hydroxylation is 1. The number of nitrogens with zero attached hydrogens (tertiary/aromatic N) is 3. The van der Waals surface area contributed by atoms with E-state index in [1.165, 1.54) is 10.9 Å². The van der Waals surface area contributed by atoms with Crippen LogP contribution in [0.25, 0.3) is 10.9 Å². The third-order valence-electron chi connectivity index (χ3n) is 5.34. The zero-order valence-electron chi connectivity index (χ0n) is 18.6. The maximum atomic E-state index is 13.2. The summed E-state index contributed by atoms with van der Waals surface area (Å²) in [5.74, 6) is 1.43. The molecule has 0 aliphatic rings. The number of rotatable bonds is 6. The van der Waals surface area contributed by atoms with Gasteiger partial charge < -0.3 is 9.84 Å². The number of aromatic nitrogens is 2. The standard InChI is InChI=1S/C26H24BrN3O3/c1-16(2)20-13-21(27)17(3)12-24(20)33-15-25-29-22-10-6-5-9-19(22)26(32)30(25)28-14-18-8-4-7-11-23(18)31/h4-14,16,31H,15H2,1-3H3/b28-14+. The quantitative estimate of drug-likeness (QED) is 0.338. The van der Waals surface area contributed by atoms with Crippen molar-refractivity contribution in [1.29, 1.82) is 0 Å². The summed E-state index contributed by atoms with van der Waals surface area (Å²) in [6.45, 7) is 6.26. The molecule has 0 fully saturated rings. The first-order valence-electron chi connectivity index (χ1n) is 10.6. The van der Waals surface area contributed by atoms with Gasteiger partial charge in [0, 0.05) is 10.0 Å². The molecule has 168 valence electrons. The summed E-state index contributed by atoms with van der Waals surface area (Å²) in [6, 6.07) is 18.0. The number of hydrogen-bond donors (Lipinski definition) is 1. The molecule has 7 heteroatoms. The molecule has 0 radical (unpaired) electrons. The lowest BCUT2D eigenvalue weighted by molar-refractivity contribution is 0.285. The van der Waals surface area contributed by atoms with Crippen LogP contribution in [0.1, 0.15) is 42.3 Å². The average molecular weight is 506 g/mol. The fourth-order valence-corrected chi connectivity index (χ4v) is 3.85. The summed E-state index contributed by atoms with van der Waals surface area (Å²) in [5, 5.41) is 14.9. The Bertz CT molecular complexity index is 1410. The number of hydrogen-bond acceptors (Lipinski definition) is 5. The zero-order chi connectivity index (χ0) is 23.5. The van der Waals surface area contributed by atoms with Crippen molar-refractivity contribution in [2.75, 3.05) is 0 Å². The summed E-state index contributed by atoms with van der Waals surface area (Å²) >= 11 is 3.59. The molecule has 0 unspecified atom stereocenters. The van der Waals surface area contributed by atoms with Gasteiger partial charge in [-0.15, -0.1) is 0 Å². The topological polar surface area (TPSA) is 76.7 Å². The maximum Gasteiger partial charge on any atom is 0.282 e. The van der Waals surface area contributed by atoms with Gasteiger partial charge in [0.05, 0.1) is 17.1 Å². The molecule has 1 aromatic heterocycles. The van der Waals surface area contributed by atoms with Gasteiger partial charge in [-0.1, -0.05) is 54.0 Å². The van der Waals surface area contributed by atoms with Crippen LogP contribution in [0.2, 0.25) is 0 Å². The second-order valence-corrected chi connectivity index (χ2v) is 8.90. The monoisotopic (exact) mass is 505 g/mol.